The van der Waals surface area contributed by atoms with Crippen molar-refractivity contribution in [1.29, 1.82) is 0 Å². The zero-order chi connectivity index (χ0) is 10.8. The van der Waals surface area contributed by atoms with Crippen LogP contribution in [0.3, 0.4) is 0 Å². The number of aliphatic hydroxyl groups excluding tert-OH is 1. The van der Waals surface area contributed by atoms with E-state index in [4.69, 9.17) is 9.84 Å². The molecule has 1 N–H and O–H groups in total. The first-order valence-corrected chi connectivity index (χ1v) is 5.47. The van der Waals surface area contributed by atoms with Crippen molar-refractivity contribution in [3.8, 4) is 0 Å². The molecule has 0 aromatic carbocycles. The van der Waals surface area contributed by atoms with Crippen LogP contribution in [-0.4, -0.2) is 66.4 Å². The lowest BCUT2D eigenvalue weighted by Crippen LogP contribution is -2.51. The van der Waals surface area contributed by atoms with Crippen molar-refractivity contribution in [2.24, 2.45) is 0 Å². The number of likely N-dealkylation sites (tertiary alicyclic amines) is 1. The SMILES string of the molecule is CN1CCCC(N2C(=O)OCC2CO)C1. The molecule has 2 aliphatic heterocycles. The molecule has 0 aromatic heterocycles. The van der Waals surface area contributed by atoms with Gasteiger partial charge in [0.2, 0.25) is 0 Å². The zero-order valence-corrected chi connectivity index (χ0v) is 9.06. The van der Waals surface area contributed by atoms with Gasteiger partial charge in [-0.2, -0.15) is 0 Å². The molecule has 2 saturated heterocycles. The molecule has 1 amide bonds. The molecule has 0 spiro atoms. The smallest absolute Gasteiger partial charge is 0.410 e. The van der Waals surface area contributed by atoms with Crippen LogP contribution in [0.25, 0.3) is 0 Å². The lowest BCUT2D eigenvalue weighted by molar-refractivity contribution is 0.0923. The van der Waals surface area contributed by atoms with E-state index < -0.39 is 0 Å². The summed E-state index contributed by atoms with van der Waals surface area (Å²) in [5.74, 6) is 0. The van der Waals surface area contributed by atoms with Gasteiger partial charge in [0.25, 0.3) is 0 Å². The van der Waals surface area contributed by atoms with E-state index in [2.05, 4.69) is 11.9 Å². The predicted octanol–water partition coefficient (Wildman–Crippen LogP) is -0.106. The molecule has 0 bridgehead atoms. The van der Waals surface area contributed by atoms with Gasteiger partial charge >= 0.3 is 6.09 Å². The Morgan fingerprint density at radius 3 is 3.07 bits per heavy atom. The highest BCUT2D eigenvalue weighted by Crippen LogP contribution is 2.22. The van der Waals surface area contributed by atoms with Gasteiger partial charge < -0.3 is 14.7 Å². The fraction of sp³-hybridized carbons (Fsp3) is 0.900. The largest absolute Gasteiger partial charge is 0.447 e. The van der Waals surface area contributed by atoms with Crippen molar-refractivity contribution in [3.63, 3.8) is 0 Å². The molecule has 2 fully saturated rings. The molecule has 0 saturated carbocycles. The van der Waals surface area contributed by atoms with Crippen LogP contribution >= 0.6 is 0 Å². The number of piperidine rings is 1. The second-order valence-electron chi connectivity index (χ2n) is 4.38. The van der Waals surface area contributed by atoms with Gasteiger partial charge in [-0.05, 0) is 26.4 Å². The molecule has 0 aliphatic carbocycles. The van der Waals surface area contributed by atoms with E-state index in [9.17, 15) is 4.79 Å². The van der Waals surface area contributed by atoms with Gasteiger partial charge in [-0.3, -0.25) is 4.90 Å². The average molecular weight is 214 g/mol. The Hall–Kier alpha value is -0.810. The summed E-state index contributed by atoms with van der Waals surface area (Å²) in [6, 6.07) is 0.0601. The third-order valence-electron chi connectivity index (χ3n) is 3.21. The van der Waals surface area contributed by atoms with Crippen LogP contribution in [0.2, 0.25) is 0 Å². The molecule has 5 heteroatoms. The first kappa shape index (κ1) is 10.7. The Kier molecular flexibility index (Phi) is 3.11. The number of hydrogen-bond donors (Lipinski definition) is 1. The van der Waals surface area contributed by atoms with E-state index in [1.807, 2.05) is 0 Å². The molecule has 2 aliphatic rings. The summed E-state index contributed by atoms with van der Waals surface area (Å²) in [4.78, 5) is 15.5. The molecule has 2 unspecified atom stereocenters. The van der Waals surface area contributed by atoms with E-state index in [0.717, 1.165) is 25.9 Å². The van der Waals surface area contributed by atoms with E-state index in [-0.39, 0.29) is 24.8 Å². The number of carbonyl (C=O) groups excluding carboxylic acids is 1. The molecule has 2 rings (SSSR count). The van der Waals surface area contributed by atoms with Crippen molar-refractivity contribution in [2.75, 3.05) is 33.4 Å². The minimum absolute atomic E-state index is 0.00798. The topological polar surface area (TPSA) is 53.0 Å². The van der Waals surface area contributed by atoms with Crippen LogP contribution < -0.4 is 0 Å². The Morgan fingerprint density at radius 2 is 2.40 bits per heavy atom. The summed E-state index contributed by atoms with van der Waals surface area (Å²) in [5, 5.41) is 9.16. The fourth-order valence-corrected chi connectivity index (χ4v) is 2.43. The van der Waals surface area contributed by atoms with Crippen LogP contribution in [0.1, 0.15) is 12.8 Å². The van der Waals surface area contributed by atoms with Crippen molar-refractivity contribution in [1.82, 2.24) is 9.80 Å². The third-order valence-corrected chi connectivity index (χ3v) is 3.21. The van der Waals surface area contributed by atoms with Gasteiger partial charge in [0.05, 0.1) is 12.6 Å². The lowest BCUT2D eigenvalue weighted by Gasteiger charge is -2.36. The van der Waals surface area contributed by atoms with E-state index in [0.29, 0.717) is 6.61 Å². The zero-order valence-electron chi connectivity index (χ0n) is 9.06. The van der Waals surface area contributed by atoms with E-state index >= 15 is 0 Å². The van der Waals surface area contributed by atoms with E-state index in [1.54, 1.807) is 4.90 Å². The molecule has 0 aromatic rings. The highest BCUT2D eigenvalue weighted by molar-refractivity contribution is 5.70. The first-order chi connectivity index (χ1) is 7.22. The summed E-state index contributed by atoms with van der Waals surface area (Å²) in [6.45, 7) is 2.29. The maximum atomic E-state index is 11.5. The van der Waals surface area contributed by atoms with Crippen molar-refractivity contribution >= 4 is 6.09 Å². The highest BCUT2D eigenvalue weighted by atomic mass is 16.6. The number of ether oxygens (including phenoxy) is 1. The second kappa shape index (κ2) is 4.37. The predicted molar refractivity (Wildman–Crippen MR) is 54.6 cm³/mol. The standard InChI is InChI=1S/C10H18N2O3/c1-11-4-2-3-8(5-11)12-9(6-13)7-15-10(12)14/h8-9,13H,2-7H2,1H3. The number of likely N-dealkylation sites (N-methyl/N-ethyl adjacent to an activating group) is 1. The van der Waals surface area contributed by atoms with Gasteiger partial charge in [0.1, 0.15) is 6.61 Å². The minimum Gasteiger partial charge on any atom is -0.447 e. The molecular formula is C10H18N2O3. The maximum absolute atomic E-state index is 11.5. The van der Waals surface area contributed by atoms with Crippen LogP contribution in [0, 0.1) is 0 Å². The second-order valence-corrected chi connectivity index (χ2v) is 4.38. The Bertz CT molecular complexity index is 247. The maximum Gasteiger partial charge on any atom is 0.410 e. The Morgan fingerprint density at radius 1 is 1.60 bits per heavy atom. The van der Waals surface area contributed by atoms with Crippen molar-refractivity contribution < 1.29 is 14.6 Å². The number of cyclic esters (lactones) is 1. The highest BCUT2D eigenvalue weighted by Gasteiger charge is 2.38. The van der Waals surface area contributed by atoms with Crippen LogP contribution in [-0.2, 0) is 4.74 Å². The molecule has 15 heavy (non-hydrogen) atoms. The summed E-state index contributed by atoms with van der Waals surface area (Å²) in [7, 11) is 2.06. The normalized spacial score (nSPS) is 33.2. The fourth-order valence-electron chi connectivity index (χ4n) is 2.43. The number of rotatable bonds is 2. The molecule has 0 radical (unpaired) electrons. The van der Waals surface area contributed by atoms with E-state index in [1.165, 1.54) is 0 Å². The van der Waals surface area contributed by atoms with Crippen LogP contribution in [0.15, 0.2) is 0 Å². The number of aliphatic hydroxyl groups is 1. The van der Waals surface area contributed by atoms with Gasteiger partial charge in [-0.1, -0.05) is 0 Å². The van der Waals surface area contributed by atoms with Crippen molar-refractivity contribution in [3.05, 3.63) is 0 Å². The summed E-state index contributed by atoms with van der Waals surface area (Å²) < 4.78 is 4.97. The van der Waals surface area contributed by atoms with Gasteiger partial charge in [0.15, 0.2) is 0 Å². The third kappa shape index (κ3) is 2.08. The molecule has 86 valence electrons. The molecular weight excluding hydrogens is 196 g/mol. The average Bonchev–Trinajstić information content (AvgIpc) is 2.59. The summed E-state index contributed by atoms with van der Waals surface area (Å²) in [6.07, 6.45) is 1.84. The van der Waals surface area contributed by atoms with Gasteiger partial charge in [-0.25, -0.2) is 4.79 Å². The molecule has 2 atom stereocenters. The quantitative estimate of drug-likeness (QED) is 0.697. The van der Waals surface area contributed by atoms with Crippen molar-refractivity contribution in [2.45, 2.75) is 24.9 Å². The van der Waals surface area contributed by atoms with Crippen LogP contribution in [0.4, 0.5) is 4.79 Å². The van der Waals surface area contributed by atoms with Gasteiger partial charge in [-0.15, -0.1) is 0 Å². The number of carbonyl (C=O) groups is 1. The number of hydrogen-bond acceptors (Lipinski definition) is 4. The lowest BCUT2D eigenvalue weighted by atomic mass is 10.0. The number of nitrogens with zero attached hydrogens (tertiary/aromatic N) is 2. The summed E-state index contributed by atoms with van der Waals surface area (Å²) >= 11 is 0. The number of amides is 1. The summed E-state index contributed by atoms with van der Waals surface area (Å²) in [5.41, 5.74) is 0. The first-order valence-electron chi connectivity index (χ1n) is 5.47. The van der Waals surface area contributed by atoms with Crippen LogP contribution in [0.5, 0.6) is 0 Å². The minimum atomic E-state index is -0.269. The van der Waals surface area contributed by atoms with Gasteiger partial charge in [0, 0.05) is 12.6 Å². The molecule has 5 nitrogen and oxygen atoms in total. The Balaban J connectivity index is 2.03. The monoisotopic (exact) mass is 214 g/mol. The Labute approximate surface area is 89.6 Å². The molecule has 2 heterocycles.